The summed E-state index contributed by atoms with van der Waals surface area (Å²) in [6.45, 7) is 2.65. The maximum Gasteiger partial charge on any atom is 0.573 e. The van der Waals surface area contributed by atoms with Crippen LogP contribution in [0.1, 0.15) is 13.8 Å². The molecular weight excluding hydrogens is 550 g/mol. The number of nitrogens with one attached hydrogen (secondary N) is 1. The molecule has 1 N–H and O–H groups in total. The normalized spacial score (nSPS) is 11.7. The molecule has 40 heavy (non-hydrogen) atoms. The lowest BCUT2D eigenvalue weighted by atomic mass is 9.95. The maximum absolute atomic E-state index is 14.0. The minimum absolute atomic E-state index is 0.0429. The summed E-state index contributed by atoms with van der Waals surface area (Å²) in [5.74, 6) is -2.92. The molecule has 0 aliphatic rings. The number of alkyl halides is 3. The number of ether oxygens (including phenoxy) is 2. The standard InChI is InChI=1S/C29H23F4NO5S/c1-3-40(36,37)23-14-12-20(13-15-23)24-17-25(19-8-5-4-6-9-19)27(39-29(31,32)33)28(26(24)34-18(2)35)38-22-11-7-10-21(30)16-22/h4-17H,3H2,1-2H3,(H,34,35). The molecule has 208 valence electrons. The molecule has 11 heteroatoms. The summed E-state index contributed by atoms with van der Waals surface area (Å²) in [6, 6.07) is 19.8. The van der Waals surface area contributed by atoms with Crippen molar-refractivity contribution in [3.8, 4) is 39.5 Å². The summed E-state index contributed by atoms with van der Waals surface area (Å²) in [6.07, 6.45) is -5.16. The second-order valence-corrected chi connectivity index (χ2v) is 10.9. The molecule has 0 saturated heterocycles. The van der Waals surface area contributed by atoms with Gasteiger partial charge in [0, 0.05) is 24.1 Å². The van der Waals surface area contributed by atoms with Crippen molar-refractivity contribution in [1.82, 2.24) is 0 Å². The van der Waals surface area contributed by atoms with E-state index >= 15 is 0 Å². The average molecular weight is 574 g/mol. The third-order valence-corrected chi connectivity index (χ3v) is 7.51. The fraction of sp³-hybridized carbons (Fsp3) is 0.138. The van der Waals surface area contributed by atoms with Crippen LogP contribution in [0.15, 0.2) is 89.8 Å². The van der Waals surface area contributed by atoms with Gasteiger partial charge >= 0.3 is 6.36 Å². The Morgan fingerprint density at radius 3 is 2.08 bits per heavy atom. The first-order valence-corrected chi connectivity index (χ1v) is 13.6. The summed E-state index contributed by atoms with van der Waals surface area (Å²) in [4.78, 5) is 12.3. The Labute approximate surface area is 228 Å². The predicted octanol–water partition coefficient (Wildman–Crippen LogP) is 7.60. The minimum Gasteiger partial charge on any atom is -0.451 e. The molecule has 6 nitrogen and oxygen atoms in total. The fourth-order valence-electron chi connectivity index (χ4n) is 3.97. The van der Waals surface area contributed by atoms with Gasteiger partial charge in [-0.05, 0) is 41.5 Å². The number of anilines is 1. The summed E-state index contributed by atoms with van der Waals surface area (Å²) in [7, 11) is -3.53. The smallest absolute Gasteiger partial charge is 0.451 e. The zero-order valence-corrected chi connectivity index (χ0v) is 22.1. The van der Waals surface area contributed by atoms with Crippen LogP contribution in [0.5, 0.6) is 17.2 Å². The second kappa shape index (κ2) is 11.4. The first-order chi connectivity index (χ1) is 18.9. The number of hydrogen-bond acceptors (Lipinski definition) is 5. The van der Waals surface area contributed by atoms with E-state index in [-0.39, 0.29) is 33.2 Å². The van der Waals surface area contributed by atoms with E-state index in [0.29, 0.717) is 11.1 Å². The molecule has 0 saturated carbocycles. The Bertz CT molecular complexity index is 1640. The van der Waals surface area contributed by atoms with E-state index in [4.69, 9.17) is 4.74 Å². The Hall–Kier alpha value is -4.38. The lowest BCUT2D eigenvalue weighted by molar-refractivity contribution is -0.274. The molecule has 1 amide bonds. The molecule has 0 heterocycles. The number of rotatable bonds is 8. The van der Waals surface area contributed by atoms with Crippen molar-refractivity contribution in [2.24, 2.45) is 0 Å². The Morgan fingerprint density at radius 1 is 0.850 bits per heavy atom. The third-order valence-electron chi connectivity index (χ3n) is 5.76. The van der Waals surface area contributed by atoms with Gasteiger partial charge in [-0.15, -0.1) is 13.2 Å². The minimum atomic E-state index is -5.16. The Morgan fingerprint density at radius 2 is 1.50 bits per heavy atom. The SMILES string of the molecule is CCS(=O)(=O)c1ccc(-c2cc(-c3ccccc3)c(OC(F)(F)F)c(Oc3cccc(F)c3)c2NC(C)=O)cc1. The van der Waals surface area contributed by atoms with Gasteiger partial charge in [-0.1, -0.05) is 55.5 Å². The molecule has 0 fully saturated rings. The number of sulfone groups is 1. The zero-order valence-electron chi connectivity index (χ0n) is 21.3. The number of carbonyl (C=O) groups is 1. The van der Waals surface area contributed by atoms with Crippen molar-refractivity contribution < 1.29 is 40.2 Å². The van der Waals surface area contributed by atoms with Gasteiger partial charge in [-0.3, -0.25) is 4.79 Å². The third kappa shape index (κ3) is 6.60. The molecule has 0 aliphatic carbocycles. The van der Waals surface area contributed by atoms with Crippen molar-refractivity contribution >= 4 is 21.4 Å². The van der Waals surface area contributed by atoms with Gasteiger partial charge in [0.1, 0.15) is 11.6 Å². The Balaban J connectivity index is 2.08. The van der Waals surface area contributed by atoms with E-state index in [1.165, 1.54) is 49.4 Å². The number of halogens is 4. The predicted molar refractivity (Wildman–Crippen MR) is 143 cm³/mol. The van der Waals surface area contributed by atoms with E-state index in [9.17, 15) is 30.8 Å². The highest BCUT2D eigenvalue weighted by Gasteiger charge is 2.36. The number of amides is 1. The number of hydrogen-bond donors (Lipinski definition) is 1. The summed E-state index contributed by atoms with van der Waals surface area (Å²) >= 11 is 0. The van der Waals surface area contributed by atoms with Crippen LogP contribution in [0.2, 0.25) is 0 Å². The largest absolute Gasteiger partial charge is 0.573 e. The molecule has 0 radical (unpaired) electrons. The molecule has 0 spiro atoms. The van der Waals surface area contributed by atoms with E-state index < -0.39 is 39.4 Å². The maximum atomic E-state index is 14.0. The van der Waals surface area contributed by atoms with Crippen LogP contribution < -0.4 is 14.8 Å². The average Bonchev–Trinajstić information content (AvgIpc) is 2.90. The van der Waals surface area contributed by atoms with Crippen molar-refractivity contribution in [1.29, 1.82) is 0 Å². The van der Waals surface area contributed by atoms with E-state index in [0.717, 1.165) is 19.1 Å². The van der Waals surface area contributed by atoms with Gasteiger partial charge in [0.2, 0.25) is 5.91 Å². The van der Waals surface area contributed by atoms with Gasteiger partial charge < -0.3 is 14.8 Å². The van der Waals surface area contributed by atoms with Crippen LogP contribution in [0.4, 0.5) is 23.2 Å². The Kier molecular flexibility index (Phi) is 8.15. The van der Waals surface area contributed by atoms with E-state index in [1.807, 2.05) is 0 Å². The van der Waals surface area contributed by atoms with Crippen LogP contribution in [-0.2, 0) is 14.6 Å². The molecule has 4 rings (SSSR count). The molecule has 0 aliphatic heterocycles. The van der Waals surface area contributed by atoms with Gasteiger partial charge in [-0.25, -0.2) is 12.8 Å². The lowest BCUT2D eigenvalue weighted by Crippen LogP contribution is -2.19. The van der Waals surface area contributed by atoms with Crippen molar-refractivity contribution in [2.45, 2.75) is 25.1 Å². The quantitative estimate of drug-likeness (QED) is 0.220. The number of carbonyl (C=O) groups excluding carboxylic acids is 1. The van der Waals surface area contributed by atoms with Gasteiger partial charge in [0.25, 0.3) is 0 Å². The molecule has 0 bridgehead atoms. The van der Waals surface area contributed by atoms with Crippen LogP contribution in [0.25, 0.3) is 22.3 Å². The van der Waals surface area contributed by atoms with Crippen molar-refractivity contribution in [3.05, 3.63) is 90.7 Å². The van der Waals surface area contributed by atoms with Crippen LogP contribution in [0, 0.1) is 5.82 Å². The molecule has 0 aromatic heterocycles. The zero-order chi connectivity index (χ0) is 29.1. The van der Waals surface area contributed by atoms with Gasteiger partial charge in [0.05, 0.1) is 16.3 Å². The topological polar surface area (TPSA) is 81.7 Å². The lowest BCUT2D eigenvalue weighted by Gasteiger charge is -2.23. The van der Waals surface area contributed by atoms with Crippen LogP contribution >= 0.6 is 0 Å². The van der Waals surface area contributed by atoms with E-state index in [2.05, 4.69) is 10.1 Å². The highest BCUT2D eigenvalue weighted by molar-refractivity contribution is 7.91. The first-order valence-electron chi connectivity index (χ1n) is 11.9. The van der Waals surface area contributed by atoms with Gasteiger partial charge in [-0.2, -0.15) is 0 Å². The molecule has 0 unspecified atom stereocenters. The first kappa shape index (κ1) is 28.6. The summed E-state index contributed by atoms with van der Waals surface area (Å²) < 4.78 is 90.2. The second-order valence-electron chi connectivity index (χ2n) is 8.59. The highest BCUT2D eigenvalue weighted by atomic mass is 32.2. The van der Waals surface area contributed by atoms with Crippen molar-refractivity contribution in [2.75, 3.05) is 11.1 Å². The fourth-order valence-corrected chi connectivity index (χ4v) is 4.86. The summed E-state index contributed by atoms with van der Waals surface area (Å²) in [5, 5.41) is 2.51. The van der Waals surface area contributed by atoms with Crippen LogP contribution in [-0.4, -0.2) is 26.4 Å². The van der Waals surface area contributed by atoms with Crippen LogP contribution in [0.3, 0.4) is 0 Å². The summed E-state index contributed by atoms with van der Waals surface area (Å²) in [5.41, 5.74) is 0.654. The molecule has 4 aromatic carbocycles. The highest BCUT2D eigenvalue weighted by Crippen LogP contribution is 2.52. The molecular formula is C29H23F4NO5S. The van der Waals surface area contributed by atoms with Gasteiger partial charge in [0.15, 0.2) is 21.3 Å². The molecule has 4 aromatic rings. The molecule has 0 atom stereocenters. The monoisotopic (exact) mass is 573 g/mol. The van der Waals surface area contributed by atoms with Crippen molar-refractivity contribution in [3.63, 3.8) is 0 Å². The van der Waals surface area contributed by atoms with E-state index in [1.54, 1.807) is 30.3 Å². The number of benzene rings is 4.